The first kappa shape index (κ1) is 25.7. The Kier molecular flexibility index (Phi) is 8.04. The van der Waals surface area contributed by atoms with Crippen LogP contribution in [-0.4, -0.2) is 35.8 Å². The molecule has 0 aromatic heterocycles. The molecule has 2 aromatic rings. The fraction of sp³-hybridized carbons (Fsp3) is 0.310. The van der Waals surface area contributed by atoms with Crippen LogP contribution in [0.15, 0.2) is 83.9 Å². The number of amidine groups is 1. The molecule has 8 heteroatoms. The Balaban J connectivity index is 1.52. The van der Waals surface area contributed by atoms with E-state index < -0.39 is 5.91 Å². The number of methoxy groups -OCH3 is 1. The summed E-state index contributed by atoms with van der Waals surface area (Å²) in [6.45, 7) is 2.09. The number of amides is 2. The third-order valence-electron chi connectivity index (χ3n) is 6.69. The van der Waals surface area contributed by atoms with Crippen LogP contribution in [-0.2, 0) is 9.59 Å². The van der Waals surface area contributed by atoms with Crippen molar-refractivity contribution in [2.45, 2.75) is 44.7 Å². The van der Waals surface area contributed by atoms with E-state index in [0.29, 0.717) is 36.5 Å². The highest BCUT2D eigenvalue weighted by Crippen LogP contribution is 2.36. The normalized spacial score (nSPS) is 23.4. The molecule has 1 aliphatic carbocycles. The molecule has 2 aromatic carbocycles. The van der Waals surface area contributed by atoms with E-state index in [1.807, 2.05) is 48.6 Å². The van der Waals surface area contributed by atoms with Crippen molar-refractivity contribution in [3.63, 3.8) is 0 Å². The van der Waals surface area contributed by atoms with Crippen LogP contribution in [0.3, 0.4) is 0 Å². The van der Waals surface area contributed by atoms with Crippen LogP contribution in [0.5, 0.6) is 5.75 Å². The van der Waals surface area contributed by atoms with Crippen LogP contribution in [0, 0.1) is 16.7 Å². The SMILES string of the molecule is COc1cccc(NC(=O)CC(=O)N2NC(=NC3C=CC=CC3(C)CCC#N)CC2c2ccccc2)c1. The van der Waals surface area contributed by atoms with Gasteiger partial charge in [0.15, 0.2) is 0 Å². The summed E-state index contributed by atoms with van der Waals surface area (Å²) in [5, 5.41) is 13.4. The molecular formula is C29H31N5O3. The summed E-state index contributed by atoms with van der Waals surface area (Å²) in [6.07, 6.45) is 9.34. The quantitative estimate of drug-likeness (QED) is 0.514. The van der Waals surface area contributed by atoms with Crippen molar-refractivity contribution < 1.29 is 14.3 Å². The molecule has 0 bridgehead atoms. The van der Waals surface area contributed by atoms with Crippen LogP contribution in [0.2, 0.25) is 0 Å². The second-order valence-electron chi connectivity index (χ2n) is 9.39. The first-order chi connectivity index (χ1) is 17.9. The lowest BCUT2D eigenvalue weighted by Crippen LogP contribution is -2.42. The smallest absolute Gasteiger partial charge is 0.250 e. The van der Waals surface area contributed by atoms with Gasteiger partial charge in [0.05, 0.1) is 25.3 Å². The predicted molar refractivity (Wildman–Crippen MR) is 142 cm³/mol. The highest BCUT2D eigenvalue weighted by molar-refractivity contribution is 6.04. The van der Waals surface area contributed by atoms with Crippen LogP contribution in [0.1, 0.15) is 44.2 Å². The average Bonchev–Trinajstić information content (AvgIpc) is 3.33. The maximum Gasteiger partial charge on any atom is 0.250 e. The molecule has 3 unspecified atom stereocenters. The number of nitriles is 1. The molecule has 4 rings (SSSR count). The Labute approximate surface area is 217 Å². The second-order valence-corrected chi connectivity index (χ2v) is 9.39. The molecule has 1 aliphatic heterocycles. The van der Waals surface area contributed by atoms with E-state index >= 15 is 0 Å². The lowest BCUT2D eigenvalue weighted by atomic mass is 9.76. The van der Waals surface area contributed by atoms with Crippen molar-refractivity contribution in [1.82, 2.24) is 10.4 Å². The molecule has 0 saturated carbocycles. The summed E-state index contributed by atoms with van der Waals surface area (Å²) in [5.41, 5.74) is 4.39. The Morgan fingerprint density at radius 3 is 2.78 bits per heavy atom. The number of aliphatic imine (C=N–C) groups is 1. The number of hydrogen-bond acceptors (Lipinski definition) is 5. The zero-order valence-corrected chi connectivity index (χ0v) is 21.1. The number of hydrazine groups is 1. The molecule has 2 aliphatic rings. The van der Waals surface area contributed by atoms with Gasteiger partial charge in [-0.1, -0.05) is 67.6 Å². The number of carbonyl (C=O) groups is 2. The standard InChI is InChI=1S/C29H31N5O3/c1-29(16-9-17-30)15-7-6-14-25(29)32-26-19-24(21-10-4-3-5-11-21)34(33-26)28(36)20-27(35)31-22-12-8-13-23(18-22)37-2/h3-8,10-15,18,24-25H,9,16,19-20H2,1-2H3,(H,31,35)(H,32,33). The van der Waals surface area contributed by atoms with Crippen LogP contribution < -0.4 is 15.5 Å². The highest BCUT2D eigenvalue weighted by Gasteiger charge is 2.37. The van der Waals surface area contributed by atoms with Gasteiger partial charge in [0.1, 0.15) is 18.0 Å². The van der Waals surface area contributed by atoms with Gasteiger partial charge in [-0.2, -0.15) is 5.26 Å². The summed E-state index contributed by atoms with van der Waals surface area (Å²) in [4.78, 5) is 31.0. The molecule has 37 heavy (non-hydrogen) atoms. The van der Waals surface area contributed by atoms with Gasteiger partial charge in [-0.3, -0.25) is 20.0 Å². The van der Waals surface area contributed by atoms with Crippen LogP contribution >= 0.6 is 0 Å². The van der Waals surface area contributed by atoms with Gasteiger partial charge < -0.3 is 10.1 Å². The largest absolute Gasteiger partial charge is 0.497 e. The van der Waals surface area contributed by atoms with E-state index in [4.69, 9.17) is 15.0 Å². The lowest BCUT2D eigenvalue weighted by Gasteiger charge is -2.32. The molecule has 190 valence electrons. The zero-order valence-electron chi connectivity index (χ0n) is 21.1. The minimum Gasteiger partial charge on any atom is -0.497 e. The van der Waals surface area contributed by atoms with E-state index in [1.165, 1.54) is 5.01 Å². The van der Waals surface area contributed by atoms with Gasteiger partial charge in [-0.25, -0.2) is 5.01 Å². The Hall–Kier alpha value is -4.38. The first-order valence-electron chi connectivity index (χ1n) is 12.3. The molecule has 8 nitrogen and oxygen atoms in total. The summed E-state index contributed by atoms with van der Waals surface area (Å²) in [5.74, 6) is 0.514. The molecule has 2 N–H and O–H groups in total. The first-order valence-corrected chi connectivity index (χ1v) is 12.3. The van der Waals surface area contributed by atoms with Crippen LogP contribution in [0.4, 0.5) is 5.69 Å². The number of allylic oxidation sites excluding steroid dienone is 2. The number of carbonyl (C=O) groups excluding carboxylic acids is 2. The van der Waals surface area contributed by atoms with Crippen molar-refractivity contribution in [1.29, 1.82) is 5.26 Å². The van der Waals surface area contributed by atoms with Crippen LogP contribution in [0.25, 0.3) is 0 Å². The summed E-state index contributed by atoms with van der Waals surface area (Å²) >= 11 is 0. The summed E-state index contributed by atoms with van der Waals surface area (Å²) in [6, 6.07) is 18.5. The lowest BCUT2D eigenvalue weighted by molar-refractivity contribution is -0.137. The minimum atomic E-state index is -0.415. The Bertz CT molecular complexity index is 1260. The molecule has 2 amide bonds. The fourth-order valence-electron chi connectivity index (χ4n) is 4.60. The number of rotatable bonds is 8. The fourth-order valence-corrected chi connectivity index (χ4v) is 4.60. The van der Waals surface area contributed by atoms with E-state index in [-0.39, 0.29) is 29.8 Å². The van der Waals surface area contributed by atoms with Crippen molar-refractivity contribution in [3.05, 3.63) is 84.5 Å². The Morgan fingerprint density at radius 2 is 2.03 bits per heavy atom. The number of anilines is 1. The number of nitrogens with zero attached hydrogens (tertiary/aromatic N) is 3. The highest BCUT2D eigenvalue weighted by atomic mass is 16.5. The summed E-state index contributed by atoms with van der Waals surface area (Å²) < 4.78 is 5.20. The van der Waals surface area contributed by atoms with E-state index in [9.17, 15) is 9.59 Å². The molecule has 3 atom stereocenters. The zero-order chi connectivity index (χ0) is 26.3. The van der Waals surface area contributed by atoms with Gasteiger partial charge in [0.25, 0.3) is 5.91 Å². The number of hydrogen-bond donors (Lipinski definition) is 2. The molecule has 0 radical (unpaired) electrons. The topological polar surface area (TPSA) is 107 Å². The van der Waals surface area contributed by atoms with Gasteiger partial charge in [-0.15, -0.1) is 0 Å². The number of ether oxygens (including phenoxy) is 1. The average molecular weight is 498 g/mol. The van der Waals surface area contributed by atoms with E-state index in [1.54, 1.807) is 31.4 Å². The third kappa shape index (κ3) is 6.25. The Morgan fingerprint density at radius 1 is 1.22 bits per heavy atom. The molecule has 1 heterocycles. The van der Waals surface area contributed by atoms with Crippen molar-refractivity contribution in [2.75, 3.05) is 12.4 Å². The van der Waals surface area contributed by atoms with Gasteiger partial charge >= 0.3 is 0 Å². The maximum atomic E-state index is 13.3. The van der Waals surface area contributed by atoms with Gasteiger partial charge in [-0.05, 0) is 24.1 Å². The van der Waals surface area contributed by atoms with Crippen molar-refractivity contribution in [3.8, 4) is 11.8 Å². The van der Waals surface area contributed by atoms with Gasteiger partial charge in [0, 0.05) is 30.0 Å². The van der Waals surface area contributed by atoms with E-state index in [2.05, 4.69) is 29.8 Å². The maximum absolute atomic E-state index is 13.3. The molecule has 1 fully saturated rings. The molecule has 1 saturated heterocycles. The van der Waals surface area contributed by atoms with Crippen molar-refractivity contribution in [2.24, 2.45) is 10.4 Å². The molecular weight excluding hydrogens is 466 g/mol. The van der Waals surface area contributed by atoms with Gasteiger partial charge in [0.2, 0.25) is 5.91 Å². The van der Waals surface area contributed by atoms with E-state index in [0.717, 1.165) is 5.56 Å². The van der Waals surface area contributed by atoms with Crippen molar-refractivity contribution >= 4 is 23.3 Å². The number of benzene rings is 2. The minimum absolute atomic E-state index is 0.170. The second kappa shape index (κ2) is 11.6. The number of nitrogens with one attached hydrogen (secondary N) is 2. The summed E-state index contributed by atoms with van der Waals surface area (Å²) in [7, 11) is 1.55. The monoisotopic (exact) mass is 497 g/mol. The third-order valence-corrected chi connectivity index (χ3v) is 6.69. The molecule has 0 spiro atoms. The predicted octanol–water partition coefficient (Wildman–Crippen LogP) is 4.71.